The predicted octanol–water partition coefficient (Wildman–Crippen LogP) is 7.68. The van der Waals surface area contributed by atoms with Crippen molar-refractivity contribution in [3.63, 3.8) is 0 Å². The molecule has 0 aliphatic carbocycles. The summed E-state index contributed by atoms with van der Waals surface area (Å²) in [5.74, 6) is -6.00. The van der Waals surface area contributed by atoms with Crippen molar-refractivity contribution in [1.29, 1.82) is 0 Å². The third-order valence-corrected chi connectivity index (χ3v) is 21.5. The normalized spacial score (nSPS) is 15.3. The molecule has 0 unspecified atom stereocenters. The highest BCUT2D eigenvalue weighted by molar-refractivity contribution is 5.98. The fourth-order valence-corrected chi connectivity index (χ4v) is 14.3. The number of nitrogens with one attached hydrogen (secondary N) is 7. The Morgan fingerprint density at radius 3 is 1.59 bits per heavy atom. The molecule has 716 valence electrons. The molecule has 0 spiro atoms. The lowest BCUT2D eigenvalue weighted by Gasteiger charge is -2.41. The number of aliphatic hydroxyl groups excluding tert-OH is 1. The van der Waals surface area contributed by atoms with Gasteiger partial charge in [0.2, 0.25) is 47.3 Å². The average Bonchev–Trinajstić information content (AvgIpc) is 1.69. The van der Waals surface area contributed by atoms with Gasteiger partial charge in [-0.05, 0) is 136 Å². The first-order valence-corrected chi connectivity index (χ1v) is 44.9. The van der Waals surface area contributed by atoms with Gasteiger partial charge in [0.25, 0.3) is 0 Å². The first-order valence-electron chi connectivity index (χ1n) is 44.9. The number of nitrogens with zero attached hydrogens (tertiary/aromatic N) is 6. The van der Waals surface area contributed by atoms with Gasteiger partial charge in [-0.15, -0.1) is 0 Å². The van der Waals surface area contributed by atoms with E-state index < -0.39 is 133 Å². The molecule has 1 fully saturated rings. The summed E-state index contributed by atoms with van der Waals surface area (Å²) in [6.07, 6.45) is 5.00. The van der Waals surface area contributed by atoms with Crippen LogP contribution >= 0.6 is 0 Å². The maximum Gasteiger partial charge on any atom is 0.410 e. The van der Waals surface area contributed by atoms with Gasteiger partial charge in [-0.1, -0.05) is 116 Å². The van der Waals surface area contributed by atoms with Gasteiger partial charge < -0.3 is 115 Å². The van der Waals surface area contributed by atoms with Crippen LogP contribution in [0.15, 0.2) is 59.7 Å². The maximum atomic E-state index is 14.9. The number of aliphatic hydroxyl groups is 1. The Labute approximate surface area is 746 Å². The molecule has 37 nitrogen and oxygen atoms in total. The summed E-state index contributed by atoms with van der Waals surface area (Å²) in [5, 5.41) is 33.8. The molecule has 11 amide bonds. The molecule has 0 saturated carbocycles. The van der Waals surface area contributed by atoms with E-state index in [2.05, 4.69) is 47.2 Å². The van der Waals surface area contributed by atoms with E-state index in [4.69, 9.17) is 68.1 Å². The second-order valence-corrected chi connectivity index (χ2v) is 32.6. The first-order chi connectivity index (χ1) is 60.5. The fourth-order valence-electron chi connectivity index (χ4n) is 14.3. The van der Waals surface area contributed by atoms with Crippen LogP contribution in [0.25, 0.3) is 10.4 Å². The minimum Gasteiger partial charge on any atom is -0.445 e. The highest BCUT2D eigenvalue weighted by Crippen LogP contribution is 2.31. The minimum atomic E-state index is -1.16. The zero-order chi connectivity index (χ0) is 93.0. The van der Waals surface area contributed by atoms with Gasteiger partial charge in [0.15, 0.2) is 0 Å². The van der Waals surface area contributed by atoms with Crippen LogP contribution in [0.1, 0.15) is 183 Å². The molecule has 2 aromatic carbocycles. The largest absolute Gasteiger partial charge is 0.445 e. The molecule has 1 aliphatic rings. The van der Waals surface area contributed by atoms with Gasteiger partial charge in [-0.25, -0.2) is 9.59 Å². The van der Waals surface area contributed by atoms with E-state index in [0.29, 0.717) is 168 Å². The van der Waals surface area contributed by atoms with Crippen molar-refractivity contribution < 1.29 is 110 Å². The van der Waals surface area contributed by atoms with Crippen molar-refractivity contribution in [1.82, 2.24) is 46.6 Å². The number of hydrogen-bond donors (Lipinski definition) is 9. The van der Waals surface area contributed by atoms with E-state index in [0.717, 1.165) is 44.9 Å². The molecule has 126 heavy (non-hydrogen) atoms. The Morgan fingerprint density at radius 2 is 1.10 bits per heavy atom. The number of nitrogens with two attached hydrogens (primary N) is 1. The highest BCUT2D eigenvalue weighted by Gasteiger charge is 2.44. The van der Waals surface area contributed by atoms with Gasteiger partial charge in [-0.2, -0.15) is 0 Å². The Kier molecular flexibility index (Phi) is 59.3. The van der Waals surface area contributed by atoms with E-state index in [1.54, 1.807) is 109 Å². The lowest BCUT2D eigenvalue weighted by atomic mass is 9.89. The summed E-state index contributed by atoms with van der Waals surface area (Å²) < 4.78 is 68.2. The van der Waals surface area contributed by atoms with E-state index >= 15 is 0 Å². The van der Waals surface area contributed by atoms with Crippen molar-refractivity contribution >= 4 is 65.1 Å². The van der Waals surface area contributed by atoms with Gasteiger partial charge >= 0.3 is 12.1 Å². The van der Waals surface area contributed by atoms with E-state index in [-0.39, 0.29) is 69.1 Å². The molecule has 3 rings (SSSR count). The van der Waals surface area contributed by atoms with Crippen LogP contribution in [-0.2, 0) is 102 Å². The molecule has 1 saturated heterocycles. The van der Waals surface area contributed by atoms with Gasteiger partial charge in [0, 0.05) is 171 Å². The average molecular weight is 1790 g/mol. The molecular formula is C89H152N14O23. The number of hydrogen-bond acceptors (Lipinski definition) is 24. The second-order valence-electron chi connectivity index (χ2n) is 32.6. The molecule has 1 aliphatic heterocycles. The number of ether oxygens (including phenoxy) is 12. The Hall–Kier alpha value is -8.43. The highest BCUT2D eigenvalue weighted by atomic mass is 16.6. The van der Waals surface area contributed by atoms with E-state index in [9.17, 15) is 53.1 Å². The monoisotopic (exact) mass is 1790 g/mol. The third kappa shape index (κ3) is 45.5. The molecule has 10 N–H and O–H groups in total. The van der Waals surface area contributed by atoms with Crippen LogP contribution in [0, 0.1) is 29.6 Å². The van der Waals surface area contributed by atoms with Crippen LogP contribution in [0.5, 0.6) is 0 Å². The summed E-state index contributed by atoms with van der Waals surface area (Å²) in [5.41, 5.74) is 15.0. The maximum absolute atomic E-state index is 14.9. The van der Waals surface area contributed by atoms with Crippen molar-refractivity contribution in [2.24, 2.45) is 40.4 Å². The molecule has 37 heteroatoms. The zero-order valence-corrected chi connectivity index (χ0v) is 77.4. The van der Waals surface area contributed by atoms with Crippen LogP contribution in [0.3, 0.4) is 0 Å². The van der Waals surface area contributed by atoms with Crippen molar-refractivity contribution in [2.45, 2.75) is 233 Å². The summed E-state index contributed by atoms with van der Waals surface area (Å²) in [6.45, 7) is 27.9. The van der Waals surface area contributed by atoms with Gasteiger partial charge in [0.05, 0.1) is 62.0 Å². The number of benzene rings is 2. The van der Waals surface area contributed by atoms with Crippen molar-refractivity contribution in [3.8, 4) is 0 Å². The molecule has 2 aromatic rings. The molecular weight excluding hydrogens is 1630 g/mol. The molecule has 1 heterocycles. The minimum absolute atomic E-state index is 0.0116. The molecule has 0 aromatic heterocycles. The van der Waals surface area contributed by atoms with Crippen molar-refractivity contribution in [3.05, 3.63) is 76.2 Å². The number of anilines is 1. The van der Waals surface area contributed by atoms with Gasteiger partial charge in [-0.3, -0.25) is 43.3 Å². The van der Waals surface area contributed by atoms with E-state index in [1.807, 2.05) is 32.0 Å². The molecule has 0 radical (unpaired) electrons. The number of carbonyl (C=O) groups is 10. The standard InChI is InChI=1S/C89H152N14O23/c1-15-65(8)80(73(115-13)59-76(106)103-41-20-32-72(103)82(116-14)66(9)83(108)95-67(10)81(107)69-29-17-16-18-30-69)101(11)87(112)78(63(4)5)99-86(111)79(64(6)7)102(12)89(114)126-60-68-33-35-70(36-34-68)96-84(109)71(31-19-38-93-88(90)113)97-85(110)77(62(2)3)98-75(105)61-125-57-37-74(104)92-39-21-42-117-43-22-44-118-45-23-46-119-47-24-48-120-49-25-50-121-51-26-52-122-53-27-54-123-55-28-56-124-58-40-94-100-91/h16-18,29-30,33-36,62-67,71-73,77-82,107H,15,19-28,31-32,37-61H2,1-14H3,(H,92,104)(H,95,108)(H,96,109)(H,97,110)(H,98,105)(H,99,111)(H3,90,93,113)/t65-,66+,67+,71-,72-,73+,77-,78-,79-,80-,81+,82+/m0/s1. The number of likely N-dealkylation sites (tertiary alicyclic amines) is 1. The van der Waals surface area contributed by atoms with E-state index in [1.165, 1.54) is 26.2 Å². The Balaban J connectivity index is 1.38. The fraction of sp³-hybridized carbons (Fsp3) is 0.753. The number of carbonyl (C=O) groups excluding carboxylic acids is 10. The number of primary amides is 1. The van der Waals surface area contributed by atoms with Crippen LogP contribution in [-0.4, -0.2) is 307 Å². The number of likely N-dealkylation sites (N-methyl/N-ethyl adjacent to an activating group) is 2. The number of urea groups is 1. The van der Waals surface area contributed by atoms with Crippen molar-refractivity contribution in [2.75, 3.05) is 179 Å². The third-order valence-electron chi connectivity index (χ3n) is 21.5. The lowest BCUT2D eigenvalue weighted by molar-refractivity contribution is -0.148. The predicted molar refractivity (Wildman–Crippen MR) is 475 cm³/mol. The van der Waals surface area contributed by atoms with Crippen LogP contribution < -0.4 is 43.0 Å². The molecule has 12 atom stereocenters. The zero-order valence-electron chi connectivity index (χ0n) is 77.4. The summed E-state index contributed by atoms with van der Waals surface area (Å²) in [7, 11) is 6.07. The number of rotatable bonds is 72. The van der Waals surface area contributed by atoms with Crippen LogP contribution in [0.4, 0.5) is 15.3 Å². The quantitative estimate of drug-likeness (QED) is 0.0133. The summed E-state index contributed by atoms with van der Waals surface area (Å²) in [4.78, 5) is 144. The number of amides is 11. The number of azide groups is 1. The Bertz CT molecular complexity index is 3440. The topological polar surface area (TPSA) is 470 Å². The Morgan fingerprint density at radius 1 is 0.571 bits per heavy atom. The summed E-state index contributed by atoms with van der Waals surface area (Å²) >= 11 is 0. The first kappa shape index (κ1) is 112. The smallest absolute Gasteiger partial charge is 0.410 e. The van der Waals surface area contributed by atoms with Crippen LogP contribution in [0.2, 0.25) is 0 Å². The molecule has 0 bridgehead atoms. The lowest BCUT2D eigenvalue weighted by Crippen LogP contribution is -2.60. The summed E-state index contributed by atoms with van der Waals surface area (Å²) in [6, 6.07) is 8.51. The second kappa shape index (κ2) is 66.9. The van der Waals surface area contributed by atoms with Gasteiger partial charge in [0.1, 0.15) is 37.4 Å². The SMILES string of the molecule is CC[C@H](C)[C@@H]([C@@H](CC(=O)N1CCC[C@H]1[C@H](OC)[C@@H](C)C(=O)N[C@H](C)[C@@H](O)c1ccccc1)OC)N(C)C(=O)[C@@H](NC(=O)[C@H](C(C)C)N(C)C(=O)OCc1ccc(NC(=O)[C@H](CCCNC(N)=O)NC(=O)[C@@H](NC(=O)COCCC(=O)NCCCOCCCOCCCOCCCOCCCOCCCOCCCOCCCOCCN=[N+]=[N-])C(C)C)cc1)C(C)C. The number of methoxy groups -OCH3 is 2.